The quantitative estimate of drug-likeness (QED) is 0.446. The van der Waals surface area contributed by atoms with E-state index in [4.69, 9.17) is 12.2 Å². The Morgan fingerprint density at radius 2 is 2.16 bits per heavy atom. The van der Waals surface area contributed by atoms with Crippen molar-refractivity contribution in [3.8, 4) is 5.75 Å². The summed E-state index contributed by atoms with van der Waals surface area (Å²) in [5, 5.41) is 17.6. The predicted molar refractivity (Wildman–Crippen MR) is 86.6 cm³/mol. The van der Waals surface area contributed by atoms with Crippen molar-refractivity contribution < 1.29 is 5.11 Å². The van der Waals surface area contributed by atoms with Crippen molar-refractivity contribution in [2.24, 2.45) is 5.10 Å². The van der Waals surface area contributed by atoms with Crippen LogP contribution in [0, 0.1) is 0 Å². The number of rotatable bonds is 4. The molecule has 0 saturated heterocycles. The van der Waals surface area contributed by atoms with E-state index in [1.165, 1.54) is 0 Å². The second-order valence-electron chi connectivity index (χ2n) is 4.31. The van der Waals surface area contributed by atoms with E-state index in [-0.39, 0.29) is 11.8 Å². The molecular weight excluding hydrogens is 326 g/mol. The Labute approximate surface area is 127 Å². The second-order valence-corrected chi connectivity index (χ2v) is 5.64. The van der Waals surface area contributed by atoms with Gasteiger partial charge in [0.25, 0.3) is 0 Å². The molecule has 0 aliphatic rings. The van der Waals surface area contributed by atoms with Crippen molar-refractivity contribution in [3.63, 3.8) is 0 Å². The van der Waals surface area contributed by atoms with E-state index in [2.05, 4.69) is 31.8 Å². The van der Waals surface area contributed by atoms with E-state index in [0.29, 0.717) is 17.1 Å². The summed E-state index contributed by atoms with van der Waals surface area (Å²) in [6.07, 6.45) is 0.682. The summed E-state index contributed by atoms with van der Waals surface area (Å²) in [6, 6.07) is 5.50. The van der Waals surface area contributed by atoms with Gasteiger partial charge in [0.15, 0.2) is 5.11 Å². The van der Waals surface area contributed by atoms with E-state index >= 15 is 0 Å². The summed E-state index contributed by atoms with van der Waals surface area (Å²) in [4.78, 5) is 0. The maximum Gasteiger partial charge on any atom is 0.187 e. The van der Waals surface area contributed by atoms with Crippen LogP contribution in [-0.2, 0) is 0 Å². The Bertz CT molecular complexity index is 489. The molecule has 0 fully saturated rings. The highest BCUT2D eigenvalue weighted by Gasteiger charge is 2.08. The third-order valence-corrected chi connectivity index (χ3v) is 3.02. The van der Waals surface area contributed by atoms with Gasteiger partial charge in [0.2, 0.25) is 0 Å². The first-order chi connectivity index (χ1) is 8.93. The Kier molecular flexibility index (Phi) is 6.24. The van der Waals surface area contributed by atoms with Gasteiger partial charge in [-0.2, -0.15) is 5.10 Å². The Balaban J connectivity index is 2.88. The molecule has 0 spiro atoms. The highest BCUT2D eigenvalue weighted by molar-refractivity contribution is 9.10. The van der Waals surface area contributed by atoms with Crippen LogP contribution in [0.15, 0.2) is 27.8 Å². The van der Waals surface area contributed by atoms with Crippen molar-refractivity contribution in [2.75, 3.05) is 0 Å². The maximum absolute atomic E-state index is 9.87. The van der Waals surface area contributed by atoms with Crippen molar-refractivity contribution in [1.29, 1.82) is 0 Å². The topological polar surface area (TPSA) is 56.7 Å². The van der Waals surface area contributed by atoms with Gasteiger partial charge in [-0.25, -0.2) is 0 Å². The average Bonchev–Trinajstić information content (AvgIpc) is 2.33. The van der Waals surface area contributed by atoms with Crippen LogP contribution < -0.4 is 10.7 Å². The lowest BCUT2D eigenvalue weighted by Crippen LogP contribution is -2.37. The minimum atomic E-state index is 0.202. The Morgan fingerprint density at radius 1 is 1.47 bits per heavy atom. The van der Waals surface area contributed by atoms with Gasteiger partial charge in [-0.3, -0.25) is 5.43 Å². The fraction of sp³-hybridized carbons (Fsp3) is 0.385. The molecule has 19 heavy (non-hydrogen) atoms. The zero-order valence-electron chi connectivity index (χ0n) is 11.2. The van der Waals surface area contributed by atoms with Gasteiger partial charge < -0.3 is 10.4 Å². The molecule has 0 saturated carbocycles. The molecule has 0 aliphatic carbocycles. The van der Waals surface area contributed by atoms with Crippen LogP contribution >= 0.6 is 28.1 Å². The van der Waals surface area contributed by atoms with Crippen LogP contribution in [0.3, 0.4) is 0 Å². The number of phenolic OH excluding ortho intramolecular Hbond substituents is 1. The molecule has 3 N–H and O–H groups in total. The van der Waals surface area contributed by atoms with Crippen LogP contribution in [0.1, 0.15) is 32.8 Å². The van der Waals surface area contributed by atoms with Gasteiger partial charge >= 0.3 is 0 Å². The van der Waals surface area contributed by atoms with Crippen LogP contribution in [0.2, 0.25) is 0 Å². The number of halogens is 1. The molecule has 0 atom stereocenters. The number of hydrazone groups is 1. The van der Waals surface area contributed by atoms with Crippen molar-refractivity contribution in [2.45, 2.75) is 33.2 Å². The van der Waals surface area contributed by atoms with Crippen LogP contribution in [0.25, 0.3) is 0 Å². The summed E-state index contributed by atoms with van der Waals surface area (Å²) in [7, 11) is 0. The first-order valence-electron chi connectivity index (χ1n) is 6.06. The van der Waals surface area contributed by atoms with Gasteiger partial charge in [0, 0.05) is 16.1 Å². The highest BCUT2D eigenvalue weighted by Crippen LogP contribution is 2.23. The lowest BCUT2D eigenvalue weighted by Gasteiger charge is -2.12. The number of hydrogen-bond donors (Lipinski definition) is 3. The molecule has 0 heterocycles. The number of hydrogen-bond acceptors (Lipinski definition) is 3. The molecule has 6 heteroatoms. The van der Waals surface area contributed by atoms with Crippen molar-refractivity contribution in [1.82, 2.24) is 10.7 Å². The van der Waals surface area contributed by atoms with Crippen LogP contribution in [0.4, 0.5) is 0 Å². The third-order valence-electron chi connectivity index (χ3n) is 2.32. The molecule has 0 bridgehead atoms. The third kappa shape index (κ3) is 5.16. The summed E-state index contributed by atoms with van der Waals surface area (Å²) in [6.45, 7) is 5.97. The molecule has 0 amide bonds. The average molecular weight is 344 g/mol. The van der Waals surface area contributed by atoms with Gasteiger partial charge in [-0.1, -0.05) is 22.9 Å². The number of aromatic hydroxyl groups is 1. The maximum atomic E-state index is 9.87. The predicted octanol–water partition coefficient (Wildman–Crippen LogP) is 3.14. The number of nitrogens with one attached hydrogen (secondary N) is 2. The van der Waals surface area contributed by atoms with Crippen molar-refractivity contribution in [3.05, 3.63) is 28.2 Å². The zero-order chi connectivity index (χ0) is 14.4. The van der Waals surface area contributed by atoms with E-state index in [1.807, 2.05) is 26.8 Å². The standard InChI is InChI=1S/C13H18BrN3OS/c1-4-11(16-17-13(19)15-8(2)3)10-7-9(14)5-6-12(10)18/h5-8,18H,4H2,1-3H3,(H2,15,17,19)/b16-11+. The van der Waals surface area contributed by atoms with E-state index < -0.39 is 0 Å². The molecule has 0 unspecified atom stereocenters. The number of thiocarbonyl (C=S) groups is 1. The van der Waals surface area contributed by atoms with Crippen molar-refractivity contribution >= 4 is 39.0 Å². The fourth-order valence-electron chi connectivity index (χ4n) is 1.48. The molecule has 0 aliphatic heterocycles. The molecule has 0 radical (unpaired) electrons. The normalized spacial score (nSPS) is 11.5. The first-order valence-corrected chi connectivity index (χ1v) is 7.26. The van der Waals surface area contributed by atoms with E-state index in [1.54, 1.807) is 12.1 Å². The minimum absolute atomic E-state index is 0.202. The Hall–Kier alpha value is -1.14. The van der Waals surface area contributed by atoms with Gasteiger partial charge in [-0.15, -0.1) is 0 Å². The van der Waals surface area contributed by atoms with Gasteiger partial charge in [-0.05, 0) is 50.7 Å². The largest absolute Gasteiger partial charge is 0.507 e. The molecule has 0 aromatic heterocycles. The molecule has 1 aromatic carbocycles. The first kappa shape index (κ1) is 15.9. The lowest BCUT2D eigenvalue weighted by atomic mass is 10.1. The summed E-state index contributed by atoms with van der Waals surface area (Å²) >= 11 is 8.49. The Morgan fingerprint density at radius 3 is 2.74 bits per heavy atom. The van der Waals surface area contributed by atoms with Gasteiger partial charge in [0.1, 0.15) is 5.75 Å². The smallest absolute Gasteiger partial charge is 0.187 e. The van der Waals surface area contributed by atoms with E-state index in [9.17, 15) is 5.11 Å². The second kappa shape index (κ2) is 7.45. The summed E-state index contributed by atoms with van der Waals surface area (Å²) in [5.41, 5.74) is 4.23. The summed E-state index contributed by atoms with van der Waals surface area (Å²) < 4.78 is 0.893. The number of phenols is 1. The molecule has 1 aromatic rings. The number of nitrogens with zero attached hydrogens (tertiary/aromatic N) is 1. The highest BCUT2D eigenvalue weighted by atomic mass is 79.9. The minimum Gasteiger partial charge on any atom is -0.507 e. The number of benzene rings is 1. The van der Waals surface area contributed by atoms with Gasteiger partial charge in [0.05, 0.1) is 5.71 Å². The summed E-state index contributed by atoms with van der Waals surface area (Å²) in [5.74, 6) is 0.202. The van der Waals surface area contributed by atoms with Crippen LogP contribution in [0.5, 0.6) is 5.75 Å². The molecule has 104 valence electrons. The zero-order valence-corrected chi connectivity index (χ0v) is 13.6. The van der Waals surface area contributed by atoms with E-state index in [0.717, 1.165) is 10.2 Å². The molecule has 4 nitrogen and oxygen atoms in total. The molecule has 1 rings (SSSR count). The monoisotopic (exact) mass is 343 g/mol. The fourth-order valence-corrected chi connectivity index (χ4v) is 2.12. The molecular formula is C13H18BrN3OS. The SMILES string of the molecule is CC/C(=N\NC(=S)NC(C)C)c1cc(Br)ccc1O. The lowest BCUT2D eigenvalue weighted by molar-refractivity contribution is 0.474. The van der Waals surface area contributed by atoms with Crippen LogP contribution in [-0.4, -0.2) is 22.0 Å².